The Morgan fingerprint density at radius 3 is 1.95 bits per heavy atom. The van der Waals surface area contributed by atoms with Crippen molar-refractivity contribution in [3.05, 3.63) is 35.4 Å². The van der Waals surface area contributed by atoms with Gasteiger partial charge in [0.05, 0.1) is 0 Å². The van der Waals surface area contributed by atoms with Crippen molar-refractivity contribution in [1.82, 2.24) is 5.32 Å². The SMILES string of the molecule is CCCCCCCCNC(C)c1ccc(C(C)C)cc1. The van der Waals surface area contributed by atoms with Crippen molar-refractivity contribution in [2.45, 2.75) is 78.2 Å². The average molecular weight is 275 g/mol. The third kappa shape index (κ3) is 6.56. The van der Waals surface area contributed by atoms with Gasteiger partial charge in [-0.2, -0.15) is 0 Å². The summed E-state index contributed by atoms with van der Waals surface area (Å²) in [5.41, 5.74) is 2.83. The Balaban J connectivity index is 2.20. The standard InChI is InChI=1S/C19H33N/c1-5-6-7-8-9-10-15-20-17(4)19-13-11-18(12-14-19)16(2)3/h11-14,16-17,20H,5-10,15H2,1-4H3. The highest BCUT2D eigenvalue weighted by Gasteiger charge is 2.05. The highest BCUT2D eigenvalue weighted by molar-refractivity contribution is 5.26. The summed E-state index contributed by atoms with van der Waals surface area (Å²) in [7, 11) is 0. The van der Waals surface area contributed by atoms with Crippen LogP contribution in [0.25, 0.3) is 0 Å². The van der Waals surface area contributed by atoms with Crippen molar-refractivity contribution in [3.63, 3.8) is 0 Å². The van der Waals surface area contributed by atoms with E-state index in [1.165, 1.54) is 49.7 Å². The van der Waals surface area contributed by atoms with Gasteiger partial charge in [-0.1, -0.05) is 77.1 Å². The van der Waals surface area contributed by atoms with Crippen LogP contribution in [-0.4, -0.2) is 6.54 Å². The van der Waals surface area contributed by atoms with Gasteiger partial charge in [0.1, 0.15) is 0 Å². The Hall–Kier alpha value is -0.820. The molecule has 1 heteroatoms. The molecule has 1 N–H and O–H groups in total. The molecule has 0 aliphatic carbocycles. The van der Waals surface area contributed by atoms with E-state index in [-0.39, 0.29) is 0 Å². The Bertz CT molecular complexity index is 339. The second-order valence-electron chi connectivity index (χ2n) is 6.26. The molecular formula is C19H33N. The predicted molar refractivity (Wildman–Crippen MR) is 90.3 cm³/mol. The molecule has 1 nitrogen and oxygen atoms in total. The smallest absolute Gasteiger partial charge is 0.0291 e. The van der Waals surface area contributed by atoms with Crippen LogP contribution < -0.4 is 5.32 Å². The van der Waals surface area contributed by atoms with Gasteiger partial charge in [-0.25, -0.2) is 0 Å². The molecule has 1 aromatic rings. The monoisotopic (exact) mass is 275 g/mol. The van der Waals surface area contributed by atoms with Gasteiger partial charge in [0.25, 0.3) is 0 Å². The van der Waals surface area contributed by atoms with Gasteiger partial charge >= 0.3 is 0 Å². The first kappa shape index (κ1) is 17.2. The second kappa shape index (κ2) is 9.99. The van der Waals surface area contributed by atoms with Crippen LogP contribution in [0.2, 0.25) is 0 Å². The summed E-state index contributed by atoms with van der Waals surface area (Å²) in [5.74, 6) is 0.621. The van der Waals surface area contributed by atoms with Crippen molar-refractivity contribution in [3.8, 4) is 0 Å². The molecule has 114 valence electrons. The summed E-state index contributed by atoms with van der Waals surface area (Å²) < 4.78 is 0. The van der Waals surface area contributed by atoms with E-state index >= 15 is 0 Å². The van der Waals surface area contributed by atoms with E-state index in [0.717, 1.165) is 6.54 Å². The third-order valence-electron chi connectivity index (χ3n) is 4.08. The van der Waals surface area contributed by atoms with Crippen LogP contribution in [0.3, 0.4) is 0 Å². The Labute approximate surface area is 126 Å². The maximum Gasteiger partial charge on any atom is 0.0291 e. The van der Waals surface area contributed by atoms with Crippen molar-refractivity contribution in [2.75, 3.05) is 6.54 Å². The Morgan fingerprint density at radius 1 is 0.800 bits per heavy atom. The molecule has 0 amide bonds. The summed E-state index contributed by atoms with van der Waals surface area (Å²) >= 11 is 0. The van der Waals surface area contributed by atoms with Crippen molar-refractivity contribution < 1.29 is 0 Å². The maximum absolute atomic E-state index is 3.64. The first-order chi connectivity index (χ1) is 9.65. The summed E-state index contributed by atoms with van der Waals surface area (Å²) in [6, 6.07) is 9.54. The van der Waals surface area contributed by atoms with E-state index in [9.17, 15) is 0 Å². The second-order valence-corrected chi connectivity index (χ2v) is 6.26. The van der Waals surface area contributed by atoms with Gasteiger partial charge in [-0.05, 0) is 36.9 Å². The fourth-order valence-corrected chi connectivity index (χ4v) is 2.51. The van der Waals surface area contributed by atoms with Gasteiger partial charge in [0, 0.05) is 6.04 Å². The number of nitrogens with one attached hydrogen (secondary N) is 1. The summed E-state index contributed by atoms with van der Waals surface area (Å²) in [4.78, 5) is 0. The quantitative estimate of drug-likeness (QED) is 0.530. The van der Waals surface area contributed by atoms with Gasteiger partial charge in [-0.15, -0.1) is 0 Å². The number of hydrogen-bond donors (Lipinski definition) is 1. The average Bonchev–Trinajstić information content (AvgIpc) is 2.46. The maximum atomic E-state index is 3.64. The zero-order chi connectivity index (χ0) is 14.8. The number of rotatable bonds is 10. The molecule has 0 radical (unpaired) electrons. The molecule has 0 saturated carbocycles. The molecule has 0 aliphatic heterocycles. The summed E-state index contributed by atoms with van der Waals surface area (Å²) in [6.07, 6.45) is 8.20. The van der Waals surface area contributed by atoms with Crippen LogP contribution in [0.1, 0.15) is 89.3 Å². The zero-order valence-corrected chi connectivity index (χ0v) is 13.9. The highest BCUT2D eigenvalue weighted by Crippen LogP contribution is 2.18. The molecule has 20 heavy (non-hydrogen) atoms. The molecule has 0 fully saturated rings. The molecule has 0 bridgehead atoms. The van der Waals surface area contributed by atoms with Crippen molar-refractivity contribution >= 4 is 0 Å². The van der Waals surface area contributed by atoms with E-state index < -0.39 is 0 Å². The molecule has 0 spiro atoms. The molecule has 0 heterocycles. The van der Waals surface area contributed by atoms with E-state index in [0.29, 0.717) is 12.0 Å². The van der Waals surface area contributed by atoms with Crippen LogP contribution in [-0.2, 0) is 0 Å². The van der Waals surface area contributed by atoms with Crippen molar-refractivity contribution in [1.29, 1.82) is 0 Å². The molecule has 1 rings (SSSR count). The van der Waals surface area contributed by atoms with Crippen LogP contribution in [0, 0.1) is 0 Å². The lowest BCUT2D eigenvalue weighted by Crippen LogP contribution is -2.19. The van der Waals surface area contributed by atoms with Gasteiger partial charge in [0.2, 0.25) is 0 Å². The minimum atomic E-state index is 0.465. The van der Waals surface area contributed by atoms with Crippen LogP contribution >= 0.6 is 0 Å². The van der Waals surface area contributed by atoms with E-state index in [1.807, 2.05) is 0 Å². The van der Waals surface area contributed by atoms with Crippen LogP contribution in [0.15, 0.2) is 24.3 Å². The van der Waals surface area contributed by atoms with Crippen LogP contribution in [0.5, 0.6) is 0 Å². The minimum absolute atomic E-state index is 0.465. The van der Waals surface area contributed by atoms with Crippen molar-refractivity contribution in [2.24, 2.45) is 0 Å². The lowest BCUT2D eigenvalue weighted by atomic mass is 9.99. The van der Waals surface area contributed by atoms with E-state index in [2.05, 4.69) is 57.3 Å². The minimum Gasteiger partial charge on any atom is -0.310 e. The normalized spacial score (nSPS) is 12.8. The molecule has 1 aromatic carbocycles. The Kier molecular flexibility index (Phi) is 8.60. The molecule has 1 unspecified atom stereocenters. The van der Waals surface area contributed by atoms with E-state index in [1.54, 1.807) is 0 Å². The largest absolute Gasteiger partial charge is 0.310 e. The fourth-order valence-electron chi connectivity index (χ4n) is 2.51. The topological polar surface area (TPSA) is 12.0 Å². The first-order valence-corrected chi connectivity index (χ1v) is 8.48. The summed E-state index contributed by atoms with van der Waals surface area (Å²) in [6.45, 7) is 10.2. The lowest BCUT2D eigenvalue weighted by Gasteiger charge is -2.15. The lowest BCUT2D eigenvalue weighted by molar-refractivity contribution is 0.527. The van der Waals surface area contributed by atoms with Gasteiger partial charge < -0.3 is 5.32 Å². The molecule has 0 aromatic heterocycles. The Morgan fingerprint density at radius 2 is 1.35 bits per heavy atom. The van der Waals surface area contributed by atoms with E-state index in [4.69, 9.17) is 0 Å². The fraction of sp³-hybridized carbons (Fsp3) is 0.684. The highest BCUT2D eigenvalue weighted by atomic mass is 14.9. The van der Waals surface area contributed by atoms with Gasteiger partial charge in [0.15, 0.2) is 0 Å². The third-order valence-corrected chi connectivity index (χ3v) is 4.08. The van der Waals surface area contributed by atoms with Crippen LogP contribution in [0.4, 0.5) is 0 Å². The number of unbranched alkanes of at least 4 members (excludes halogenated alkanes) is 5. The molecule has 0 aliphatic rings. The summed E-state index contributed by atoms with van der Waals surface area (Å²) in [5, 5.41) is 3.64. The predicted octanol–water partition coefficient (Wildman–Crippen LogP) is 5.82. The molecular weight excluding hydrogens is 242 g/mol. The molecule has 1 atom stereocenters. The zero-order valence-electron chi connectivity index (χ0n) is 13.9. The number of benzene rings is 1. The van der Waals surface area contributed by atoms with Gasteiger partial charge in [-0.3, -0.25) is 0 Å². The molecule has 0 saturated heterocycles. The first-order valence-electron chi connectivity index (χ1n) is 8.48. The number of hydrogen-bond acceptors (Lipinski definition) is 1.